The van der Waals surface area contributed by atoms with Gasteiger partial charge in [-0.1, -0.05) is 0 Å². The predicted molar refractivity (Wildman–Crippen MR) is 86.2 cm³/mol. The van der Waals surface area contributed by atoms with E-state index in [1.54, 1.807) is 0 Å². The third kappa shape index (κ3) is 3.53. The molecule has 0 saturated heterocycles. The molecule has 0 aliphatic rings. The Labute approximate surface area is 136 Å². The van der Waals surface area contributed by atoms with Crippen LogP contribution in [0.3, 0.4) is 0 Å². The van der Waals surface area contributed by atoms with E-state index in [9.17, 15) is 25.5 Å². The van der Waals surface area contributed by atoms with Crippen molar-refractivity contribution in [2.24, 2.45) is 0 Å². The Hall–Kier alpha value is -3.73. The fourth-order valence-corrected chi connectivity index (χ4v) is 2.05. The molecule has 8 nitrogen and oxygen atoms in total. The summed E-state index contributed by atoms with van der Waals surface area (Å²) in [6, 6.07) is 11.5. The number of allylic oxidation sites excluding steroid dienone is 1. The monoisotopic (exact) mass is 325 g/mol. The Kier molecular flexibility index (Phi) is 4.87. The normalized spacial score (nSPS) is 10.8. The van der Waals surface area contributed by atoms with E-state index < -0.39 is 9.85 Å². The molecule has 0 heterocycles. The van der Waals surface area contributed by atoms with Crippen LogP contribution in [0, 0.1) is 31.6 Å². The number of ether oxygens (including phenoxy) is 1. The molecular formula is C16H11N3O5. The average molecular weight is 325 g/mol. The Morgan fingerprint density at radius 1 is 1.08 bits per heavy atom. The highest BCUT2D eigenvalue weighted by atomic mass is 16.6. The first-order valence-electron chi connectivity index (χ1n) is 6.65. The molecule has 2 aromatic carbocycles. The smallest absolute Gasteiger partial charge is 0.270 e. The van der Waals surface area contributed by atoms with Crippen LogP contribution in [0.1, 0.15) is 11.1 Å². The van der Waals surface area contributed by atoms with Crippen molar-refractivity contribution in [1.82, 2.24) is 0 Å². The molecule has 0 aliphatic carbocycles. The number of nitro benzene ring substituents is 2. The summed E-state index contributed by atoms with van der Waals surface area (Å²) < 4.78 is 5.15. The molecule has 0 unspecified atom stereocenters. The Balaban J connectivity index is 2.50. The fraction of sp³-hybridized carbons (Fsp3) is 0.0625. The van der Waals surface area contributed by atoms with Gasteiger partial charge >= 0.3 is 0 Å². The third-order valence-electron chi connectivity index (χ3n) is 3.23. The molecule has 0 atom stereocenters. The van der Waals surface area contributed by atoms with Crippen molar-refractivity contribution in [3.05, 3.63) is 73.8 Å². The van der Waals surface area contributed by atoms with Crippen molar-refractivity contribution in [1.29, 1.82) is 5.26 Å². The van der Waals surface area contributed by atoms with Gasteiger partial charge in [0.2, 0.25) is 0 Å². The van der Waals surface area contributed by atoms with E-state index in [2.05, 4.69) is 0 Å². The van der Waals surface area contributed by atoms with Crippen molar-refractivity contribution >= 4 is 23.0 Å². The van der Waals surface area contributed by atoms with Crippen LogP contribution in [-0.2, 0) is 0 Å². The highest BCUT2D eigenvalue weighted by molar-refractivity contribution is 5.91. The van der Waals surface area contributed by atoms with Gasteiger partial charge in [0.15, 0.2) is 0 Å². The lowest BCUT2D eigenvalue weighted by Crippen LogP contribution is -1.93. The topological polar surface area (TPSA) is 119 Å². The SMILES string of the molecule is COc1ccc([N+](=O)[O-])cc1/C=C(/C#N)c1ccc([N+](=O)[O-])cc1. The van der Waals surface area contributed by atoms with Crippen LogP contribution in [0.5, 0.6) is 5.75 Å². The molecule has 8 heteroatoms. The summed E-state index contributed by atoms with van der Waals surface area (Å²) in [4.78, 5) is 20.5. The number of hydrogen-bond donors (Lipinski definition) is 0. The van der Waals surface area contributed by atoms with Crippen molar-refractivity contribution < 1.29 is 14.6 Å². The van der Waals surface area contributed by atoms with Gasteiger partial charge in [0.1, 0.15) is 5.75 Å². The molecule has 0 fully saturated rings. The maximum Gasteiger partial charge on any atom is 0.270 e. The van der Waals surface area contributed by atoms with E-state index in [0.717, 1.165) is 0 Å². The average Bonchev–Trinajstić information content (AvgIpc) is 2.59. The van der Waals surface area contributed by atoms with Crippen LogP contribution < -0.4 is 4.74 Å². The van der Waals surface area contributed by atoms with Gasteiger partial charge in [-0.15, -0.1) is 0 Å². The molecule has 0 aromatic heterocycles. The summed E-state index contributed by atoms with van der Waals surface area (Å²) >= 11 is 0. The zero-order chi connectivity index (χ0) is 17.7. The van der Waals surface area contributed by atoms with Crippen molar-refractivity contribution in [3.63, 3.8) is 0 Å². The van der Waals surface area contributed by atoms with Crippen molar-refractivity contribution in [2.45, 2.75) is 0 Å². The van der Waals surface area contributed by atoms with Gasteiger partial charge in [-0.25, -0.2) is 0 Å². The number of nitro groups is 2. The number of non-ortho nitro benzene ring substituents is 2. The first-order valence-corrected chi connectivity index (χ1v) is 6.65. The fourth-order valence-electron chi connectivity index (χ4n) is 2.05. The number of rotatable bonds is 5. The lowest BCUT2D eigenvalue weighted by Gasteiger charge is -2.06. The van der Waals surface area contributed by atoms with Gasteiger partial charge in [-0.3, -0.25) is 20.2 Å². The minimum absolute atomic E-state index is 0.0935. The Morgan fingerprint density at radius 2 is 1.67 bits per heavy atom. The maximum atomic E-state index is 10.9. The minimum Gasteiger partial charge on any atom is -0.496 e. The molecule has 0 aliphatic heterocycles. The van der Waals surface area contributed by atoms with Gasteiger partial charge in [0.05, 0.1) is 28.6 Å². The summed E-state index contributed by atoms with van der Waals surface area (Å²) in [7, 11) is 1.41. The highest BCUT2D eigenvalue weighted by Crippen LogP contribution is 2.28. The molecule has 2 rings (SSSR count). The molecule has 0 amide bonds. The first-order chi connectivity index (χ1) is 11.5. The van der Waals surface area contributed by atoms with Gasteiger partial charge in [-0.2, -0.15) is 5.26 Å². The van der Waals surface area contributed by atoms with Crippen LogP contribution in [0.25, 0.3) is 11.6 Å². The van der Waals surface area contributed by atoms with Gasteiger partial charge < -0.3 is 4.74 Å². The molecule has 2 aromatic rings. The molecular weight excluding hydrogens is 314 g/mol. The van der Waals surface area contributed by atoms with Crippen LogP contribution >= 0.6 is 0 Å². The molecule has 0 radical (unpaired) electrons. The standard InChI is InChI=1S/C16H11N3O5/c1-24-16-7-6-15(19(22)23)9-12(16)8-13(10-17)11-2-4-14(5-3-11)18(20)21/h2-9H,1H3/b13-8-. The number of methoxy groups -OCH3 is 1. The van der Waals surface area contributed by atoms with E-state index >= 15 is 0 Å². The lowest BCUT2D eigenvalue weighted by molar-refractivity contribution is -0.385. The van der Waals surface area contributed by atoms with Crippen LogP contribution in [0.4, 0.5) is 11.4 Å². The first kappa shape index (κ1) is 16.6. The molecule has 0 saturated carbocycles. The molecule has 0 bridgehead atoms. The molecule has 0 spiro atoms. The van der Waals surface area contributed by atoms with E-state index in [-0.39, 0.29) is 16.9 Å². The van der Waals surface area contributed by atoms with Gasteiger partial charge in [-0.05, 0) is 29.8 Å². The van der Waals surface area contributed by atoms with Crippen molar-refractivity contribution in [3.8, 4) is 11.8 Å². The molecule has 120 valence electrons. The summed E-state index contributed by atoms with van der Waals surface area (Å²) in [5, 5.41) is 30.9. The van der Waals surface area contributed by atoms with Crippen molar-refractivity contribution in [2.75, 3.05) is 7.11 Å². The number of nitriles is 1. The lowest BCUT2D eigenvalue weighted by atomic mass is 10.0. The van der Waals surface area contributed by atoms with Crippen LogP contribution in [-0.4, -0.2) is 17.0 Å². The van der Waals surface area contributed by atoms with E-state index in [4.69, 9.17) is 4.74 Å². The molecule has 0 N–H and O–H groups in total. The van der Waals surface area contributed by atoms with Crippen LogP contribution in [0.2, 0.25) is 0 Å². The third-order valence-corrected chi connectivity index (χ3v) is 3.23. The summed E-state index contributed by atoms with van der Waals surface area (Å²) in [6.07, 6.45) is 1.44. The summed E-state index contributed by atoms with van der Waals surface area (Å²) in [5.41, 5.74) is 0.786. The maximum absolute atomic E-state index is 10.9. The second kappa shape index (κ2) is 7.02. The summed E-state index contributed by atoms with van der Waals surface area (Å²) in [6.45, 7) is 0. The molecule has 24 heavy (non-hydrogen) atoms. The van der Waals surface area contributed by atoms with E-state index in [0.29, 0.717) is 16.9 Å². The number of nitrogens with zero attached hydrogens (tertiary/aromatic N) is 3. The van der Waals surface area contributed by atoms with E-state index in [1.807, 2.05) is 6.07 Å². The zero-order valence-corrected chi connectivity index (χ0v) is 12.5. The van der Waals surface area contributed by atoms with Gasteiger partial charge in [0, 0.05) is 29.8 Å². The van der Waals surface area contributed by atoms with Crippen LogP contribution in [0.15, 0.2) is 42.5 Å². The van der Waals surface area contributed by atoms with Gasteiger partial charge in [0.25, 0.3) is 11.4 Å². The largest absolute Gasteiger partial charge is 0.496 e. The number of benzene rings is 2. The quantitative estimate of drug-likeness (QED) is 0.358. The summed E-state index contributed by atoms with van der Waals surface area (Å²) in [5.74, 6) is 0.371. The zero-order valence-electron chi connectivity index (χ0n) is 12.5. The minimum atomic E-state index is -0.547. The predicted octanol–water partition coefficient (Wildman–Crippen LogP) is 3.58. The second-order valence-corrected chi connectivity index (χ2v) is 4.66. The Morgan fingerprint density at radius 3 is 2.17 bits per heavy atom. The Bertz CT molecular complexity index is 866. The highest BCUT2D eigenvalue weighted by Gasteiger charge is 2.12. The number of hydrogen-bond acceptors (Lipinski definition) is 6. The second-order valence-electron chi connectivity index (χ2n) is 4.66. The van der Waals surface area contributed by atoms with E-state index in [1.165, 1.54) is 55.7 Å².